The van der Waals surface area contributed by atoms with Crippen LogP contribution in [0.25, 0.3) is 0 Å². The SMILES string of the molecule is COC(=O)[C@]1(C)CCC[C@]2(C)[C@H]3C[C@H]4C(C(C)C)=C[C@]3(CC[C@H]21)[C@H]1[C@@H]4[C@@H](OC(=O)CCC(=O)O)CC[C@@H]1OC(=O)CCC(=O)O. The Morgan fingerprint density at radius 2 is 1.44 bits per heavy atom. The number of carboxylic acids is 2. The van der Waals surface area contributed by atoms with Gasteiger partial charge in [-0.25, -0.2) is 0 Å². The molecule has 45 heavy (non-hydrogen) atoms. The third-order valence-corrected chi connectivity index (χ3v) is 12.7. The van der Waals surface area contributed by atoms with E-state index in [1.54, 1.807) is 0 Å². The highest BCUT2D eigenvalue weighted by atomic mass is 16.6. The Morgan fingerprint density at radius 3 is 2.02 bits per heavy atom. The van der Waals surface area contributed by atoms with E-state index in [1.165, 1.54) is 12.7 Å². The molecule has 250 valence electrons. The van der Waals surface area contributed by atoms with Crippen molar-refractivity contribution in [2.75, 3.05) is 7.11 Å². The second-order valence-corrected chi connectivity index (χ2v) is 15.2. The normalized spacial score (nSPS) is 39.9. The van der Waals surface area contributed by atoms with Crippen LogP contribution in [-0.4, -0.2) is 59.4 Å². The zero-order valence-corrected chi connectivity index (χ0v) is 27.3. The molecule has 2 bridgehead atoms. The first-order valence-corrected chi connectivity index (χ1v) is 16.8. The fraction of sp³-hybridized carbons (Fsp3) is 0.800. The van der Waals surface area contributed by atoms with Crippen LogP contribution in [-0.2, 0) is 38.2 Å². The molecule has 0 unspecified atom stereocenters. The van der Waals surface area contributed by atoms with Gasteiger partial charge >= 0.3 is 29.8 Å². The van der Waals surface area contributed by atoms with E-state index >= 15 is 0 Å². The van der Waals surface area contributed by atoms with E-state index in [9.17, 15) is 29.1 Å². The predicted octanol–water partition coefficient (Wildman–Crippen LogP) is 5.56. The van der Waals surface area contributed by atoms with Crippen LogP contribution in [0.3, 0.4) is 0 Å². The van der Waals surface area contributed by atoms with Crippen molar-refractivity contribution in [2.24, 2.45) is 51.8 Å². The summed E-state index contributed by atoms with van der Waals surface area (Å²) in [6.07, 6.45) is 6.74. The van der Waals surface area contributed by atoms with E-state index in [0.717, 1.165) is 38.5 Å². The topological polar surface area (TPSA) is 154 Å². The summed E-state index contributed by atoms with van der Waals surface area (Å²) in [5, 5.41) is 18.3. The number of ether oxygens (including phenoxy) is 3. The van der Waals surface area contributed by atoms with Crippen molar-refractivity contribution in [3.63, 3.8) is 0 Å². The van der Waals surface area contributed by atoms with Gasteiger partial charge in [-0.2, -0.15) is 0 Å². The van der Waals surface area contributed by atoms with Gasteiger partial charge in [-0.3, -0.25) is 24.0 Å². The zero-order chi connectivity index (χ0) is 32.9. The Labute approximate surface area is 265 Å². The van der Waals surface area contributed by atoms with Gasteiger partial charge in [0.15, 0.2) is 0 Å². The molecule has 6 aliphatic rings. The van der Waals surface area contributed by atoms with Crippen molar-refractivity contribution in [1.82, 2.24) is 0 Å². The first-order chi connectivity index (χ1) is 21.2. The number of carboxylic acid groups (broad SMARTS) is 2. The Morgan fingerprint density at radius 1 is 0.844 bits per heavy atom. The molecule has 0 aromatic heterocycles. The van der Waals surface area contributed by atoms with Crippen LogP contribution < -0.4 is 0 Å². The minimum Gasteiger partial charge on any atom is -0.481 e. The average Bonchev–Trinajstić information content (AvgIpc) is 2.98. The van der Waals surface area contributed by atoms with E-state index in [1.807, 2.05) is 0 Å². The molecule has 10 nitrogen and oxygen atoms in total. The minimum absolute atomic E-state index is 0.0709. The number of fused-ring (bicyclic) bond motifs is 1. The van der Waals surface area contributed by atoms with E-state index in [0.29, 0.717) is 12.8 Å². The smallest absolute Gasteiger partial charge is 0.311 e. The Balaban J connectivity index is 1.57. The first-order valence-electron chi connectivity index (χ1n) is 16.8. The number of allylic oxidation sites excluding steroid dienone is 2. The van der Waals surface area contributed by atoms with Crippen molar-refractivity contribution >= 4 is 29.8 Å². The van der Waals surface area contributed by atoms with Crippen LogP contribution in [0.1, 0.15) is 105 Å². The molecule has 10 atom stereocenters. The summed E-state index contributed by atoms with van der Waals surface area (Å²) in [7, 11) is 1.47. The molecule has 0 saturated heterocycles. The van der Waals surface area contributed by atoms with Crippen molar-refractivity contribution in [2.45, 2.75) is 117 Å². The van der Waals surface area contributed by atoms with Gasteiger partial charge in [-0.05, 0) is 86.4 Å². The lowest BCUT2D eigenvalue weighted by molar-refractivity contribution is -0.237. The summed E-state index contributed by atoms with van der Waals surface area (Å²) >= 11 is 0. The molecule has 1 spiro atoms. The van der Waals surface area contributed by atoms with Gasteiger partial charge in [0.1, 0.15) is 12.2 Å². The molecule has 2 N–H and O–H groups in total. The highest BCUT2D eigenvalue weighted by Gasteiger charge is 2.71. The van der Waals surface area contributed by atoms with Crippen LogP contribution in [0.4, 0.5) is 0 Å². The monoisotopic (exact) mass is 630 g/mol. The Hall–Kier alpha value is -2.91. The lowest BCUT2D eigenvalue weighted by atomic mass is 9.33. The number of esters is 3. The fourth-order valence-electron chi connectivity index (χ4n) is 11.1. The molecule has 0 aliphatic heterocycles. The number of rotatable bonds is 10. The standard InChI is InChI=1S/C35H50O10/c1-19(2)21-18-35-16-13-24-33(3,14-6-15-34(24,4)32(42)43-5)25(35)17-20(21)30-22(44-28(40)11-9-26(36)37)7-8-23(31(30)35)45-29(41)12-10-27(38)39/h18-20,22-25,30-31H,6-17H2,1-5H3,(H,36,37)(H,38,39)/t20-,22-,23-,24+,25+,30-,31+,33-,34+,35-/m0/s1. The van der Waals surface area contributed by atoms with E-state index in [4.69, 9.17) is 19.3 Å². The molecule has 10 heteroatoms. The second-order valence-electron chi connectivity index (χ2n) is 15.2. The molecule has 4 fully saturated rings. The van der Waals surface area contributed by atoms with Gasteiger partial charge in [-0.15, -0.1) is 0 Å². The molecule has 6 aliphatic carbocycles. The molecule has 4 saturated carbocycles. The molecule has 0 aromatic rings. The molecule has 0 heterocycles. The Kier molecular flexibility index (Phi) is 9.19. The van der Waals surface area contributed by atoms with E-state index in [2.05, 4.69) is 33.8 Å². The number of carbonyl (C=O) groups is 5. The second kappa shape index (κ2) is 12.4. The van der Waals surface area contributed by atoms with Crippen LogP contribution in [0, 0.1) is 51.8 Å². The average molecular weight is 631 g/mol. The quantitative estimate of drug-likeness (QED) is 0.178. The highest BCUT2D eigenvalue weighted by Crippen LogP contribution is 2.75. The number of aliphatic carboxylic acids is 2. The summed E-state index contributed by atoms with van der Waals surface area (Å²) < 4.78 is 17.6. The summed E-state index contributed by atoms with van der Waals surface area (Å²) in [5.41, 5.74) is 0.236. The maximum atomic E-state index is 13.3. The lowest BCUT2D eigenvalue weighted by Crippen LogP contribution is -2.68. The predicted molar refractivity (Wildman–Crippen MR) is 161 cm³/mol. The number of carbonyl (C=O) groups excluding carboxylic acids is 3. The van der Waals surface area contributed by atoms with Gasteiger partial charge in [0.05, 0.1) is 38.2 Å². The van der Waals surface area contributed by atoms with Crippen LogP contribution in [0.5, 0.6) is 0 Å². The third-order valence-electron chi connectivity index (χ3n) is 12.7. The van der Waals surface area contributed by atoms with Gasteiger partial charge in [0, 0.05) is 11.8 Å². The van der Waals surface area contributed by atoms with Gasteiger partial charge < -0.3 is 24.4 Å². The molecule has 0 amide bonds. The molecule has 0 aromatic carbocycles. The van der Waals surface area contributed by atoms with Crippen LogP contribution >= 0.6 is 0 Å². The van der Waals surface area contributed by atoms with Crippen LogP contribution in [0.2, 0.25) is 0 Å². The summed E-state index contributed by atoms with van der Waals surface area (Å²) in [5.74, 6) is -2.90. The van der Waals surface area contributed by atoms with E-state index in [-0.39, 0.29) is 78.0 Å². The van der Waals surface area contributed by atoms with Gasteiger partial charge in [0.25, 0.3) is 0 Å². The summed E-state index contributed by atoms with van der Waals surface area (Å²) in [6, 6.07) is 0. The maximum Gasteiger partial charge on any atom is 0.311 e. The zero-order valence-electron chi connectivity index (χ0n) is 27.3. The number of hydrogen-bond donors (Lipinski definition) is 2. The minimum atomic E-state index is -1.06. The molecule has 0 radical (unpaired) electrons. The number of methoxy groups -OCH3 is 1. The van der Waals surface area contributed by atoms with Crippen molar-refractivity contribution < 1.29 is 48.4 Å². The fourth-order valence-corrected chi connectivity index (χ4v) is 11.1. The lowest BCUT2D eigenvalue weighted by Gasteiger charge is -2.71. The Bertz CT molecular complexity index is 1250. The van der Waals surface area contributed by atoms with Crippen molar-refractivity contribution in [1.29, 1.82) is 0 Å². The molecule has 6 rings (SSSR count). The summed E-state index contributed by atoms with van der Waals surface area (Å²) in [6.45, 7) is 8.80. The van der Waals surface area contributed by atoms with Crippen LogP contribution in [0.15, 0.2) is 11.6 Å². The molecular weight excluding hydrogens is 580 g/mol. The van der Waals surface area contributed by atoms with Gasteiger partial charge in [-0.1, -0.05) is 38.8 Å². The van der Waals surface area contributed by atoms with E-state index < -0.39 is 41.5 Å². The maximum absolute atomic E-state index is 13.3. The number of hydrogen-bond acceptors (Lipinski definition) is 8. The van der Waals surface area contributed by atoms with Crippen molar-refractivity contribution in [3.8, 4) is 0 Å². The molecular formula is C35H50O10. The third kappa shape index (κ3) is 5.69. The van der Waals surface area contributed by atoms with Crippen molar-refractivity contribution in [3.05, 3.63) is 11.6 Å². The first kappa shape index (κ1) is 33.5. The van der Waals surface area contributed by atoms with Gasteiger partial charge in [0.2, 0.25) is 0 Å². The summed E-state index contributed by atoms with van der Waals surface area (Å²) in [4.78, 5) is 61.6. The largest absolute Gasteiger partial charge is 0.481 e. The highest BCUT2D eigenvalue weighted by molar-refractivity contribution is 5.78.